The van der Waals surface area contributed by atoms with Gasteiger partial charge < -0.3 is 15.7 Å². The van der Waals surface area contributed by atoms with Crippen molar-refractivity contribution < 1.29 is 5.11 Å². The number of anilines is 2. The van der Waals surface area contributed by atoms with Crippen molar-refractivity contribution in [2.45, 2.75) is 37.8 Å². The molecule has 2 atom stereocenters. The molecule has 0 aliphatic heterocycles. The molecule has 1 aromatic rings. The summed E-state index contributed by atoms with van der Waals surface area (Å²) in [4.78, 5) is 6.14. The van der Waals surface area contributed by atoms with Crippen molar-refractivity contribution in [2.24, 2.45) is 0 Å². The van der Waals surface area contributed by atoms with Crippen molar-refractivity contribution >= 4 is 11.5 Å². The predicted molar refractivity (Wildman–Crippen MR) is 65.3 cm³/mol. The summed E-state index contributed by atoms with van der Waals surface area (Å²) in [5, 5.41) is 9.99. The number of hydrogen-bond donors (Lipinski definition) is 2. The van der Waals surface area contributed by atoms with E-state index in [1.807, 2.05) is 19.2 Å². The molecule has 0 spiro atoms. The summed E-state index contributed by atoms with van der Waals surface area (Å²) in [5.74, 6) is 0.530. The van der Waals surface area contributed by atoms with Gasteiger partial charge in [0, 0.05) is 13.2 Å². The van der Waals surface area contributed by atoms with E-state index >= 15 is 0 Å². The highest BCUT2D eigenvalue weighted by Crippen LogP contribution is 2.28. The molecular formula is C12H19N3O. The smallest absolute Gasteiger partial charge is 0.146 e. The fourth-order valence-corrected chi connectivity index (χ4v) is 2.43. The van der Waals surface area contributed by atoms with E-state index in [9.17, 15) is 5.11 Å². The first-order chi connectivity index (χ1) is 7.70. The monoisotopic (exact) mass is 221 g/mol. The zero-order valence-corrected chi connectivity index (χ0v) is 9.63. The third kappa shape index (κ3) is 2.11. The second kappa shape index (κ2) is 4.70. The summed E-state index contributed by atoms with van der Waals surface area (Å²) < 4.78 is 0. The van der Waals surface area contributed by atoms with Crippen LogP contribution in [0.15, 0.2) is 18.3 Å². The van der Waals surface area contributed by atoms with Crippen LogP contribution >= 0.6 is 0 Å². The SMILES string of the molecule is CN(c1cccnc1N)C1CCCCC1O. The largest absolute Gasteiger partial charge is 0.391 e. The number of pyridine rings is 1. The molecule has 4 nitrogen and oxygen atoms in total. The summed E-state index contributed by atoms with van der Waals surface area (Å²) in [6.45, 7) is 0. The summed E-state index contributed by atoms with van der Waals surface area (Å²) in [6.07, 6.45) is 5.63. The first kappa shape index (κ1) is 11.2. The van der Waals surface area contributed by atoms with Gasteiger partial charge in [0.25, 0.3) is 0 Å². The van der Waals surface area contributed by atoms with Crippen LogP contribution in [0.5, 0.6) is 0 Å². The molecule has 0 aromatic carbocycles. The van der Waals surface area contributed by atoms with Gasteiger partial charge >= 0.3 is 0 Å². The van der Waals surface area contributed by atoms with E-state index in [4.69, 9.17) is 5.73 Å². The van der Waals surface area contributed by atoms with E-state index in [0.29, 0.717) is 5.82 Å². The first-order valence-corrected chi connectivity index (χ1v) is 5.81. The number of rotatable bonds is 2. The van der Waals surface area contributed by atoms with E-state index in [1.54, 1.807) is 6.20 Å². The number of aliphatic hydroxyl groups excluding tert-OH is 1. The Kier molecular flexibility index (Phi) is 3.29. The number of aromatic nitrogens is 1. The molecule has 16 heavy (non-hydrogen) atoms. The maximum atomic E-state index is 9.99. The number of hydrogen-bond acceptors (Lipinski definition) is 4. The standard InChI is InChI=1S/C12H19N3O/c1-15(9-5-2-3-7-11(9)16)10-6-4-8-14-12(10)13/h4,6,8-9,11,16H,2-3,5,7H2,1H3,(H2,13,14). The second-order valence-electron chi connectivity index (χ2n) is 4.44. The van der Waals surface area contributed by atoms with Gasteiger partial charge in [-0.2, -0.15) is 0 Å². The fraction of sp³-hybridized carbons (Fsp3) is 0.583. The van der Waals surface area contributed by atoms with Gasteiger partial charge in [0.15, 0.2) is 0 Å². The maximum Gasteiger partial charge on any atom is 0.146 e. The molecule has 1 fully saturated rings. The third-order valence-electron chi connectivity index (χ3n) is 3.39. The maximum absolute atomic E-state index is 9.99. The number of nitrogens with two attached hydrogens (primary N) is 1. The number of likely N-dealkylation sites (N-methyl/N-ethyl adjacent to an activating group) is 1. The molecule has 2 rings (SSSR count). The number of nitrogens with zero attached hydrogens (tertiary/aromatic N) is 2. The van der Waals surface area contributed by atoms with Gasteiger partial charge in [0.1, 0.15) is 5.82 Å². The lowest BCUT2D eigenvalue weighted by atomic mass is 9.91. The molecule has 4 heteroatoms. The normalized spacial score (nSPS) is 25.4. The lowest BCUT2D eigenvalue weighted by Gasteiger charge is -2.36. The molecule has 0 saturated heterocycles. The zero-order valence-electron chi connectivity index (χ0n) is 9.63. The fourth-order valence-electron chi connectivity index (χ4n) is 2.43. The molecule has 0 bridgehead atoms. The lowest BCUT2D eigenvalue weighted by Crippen LogP contribution is -2.43. The van der Waals surface area contributed by atoms with Crippen LogP contribution in [0.1, 0.15) is 25.7 Å². The Morgan fingerprint density at radius 2 is 2.19 bits per heavy atom. The molecular weight excluding hydrogens is 202 g/mol. The van der Waals surface area contributed by atoms with Crippen molar-refractivity contribution in [2.75, 3.05) is 17.7 Å². The highest BCUT2D eigenvalue weighted by molar-refractivity contribution is 5.63. The van der Waals surface area contributed by atoms with E-state index in [-0.39, 0.29) is 12.1 Å². The van der Waals surface area contributed by atoms with Gasteiger partial charge in [-0.15, -0.1) is 0 Å². The van der Waals surface area contributed by atoms with Crippen LogP contribution < -0.4 is 10.6 Å². The Balaban J connectivity index is 2.17. The van der Waals surface area contributed by atoms with E-state index in [2.05, 4.69) is 9.88 Å². The quantitative estimate of drug-likeness (QED) is 0.792. The van der Waals surface area contributed by atoms with Gasteiger partial charge in [0.2, 0.25) is 0 Å². The van der Waals surface area contributed by atoms with Crippen molar-refractivity contribution in [3.63, 3.8) is 0 Å². The van der Waals surface area contributed by atoms with Crippen molar-refractivity contribution in [3.05, 3.63) is 18.3 Å². The zero-order chi connectivity index (χ0) is 11.5. The van der Waals surface area contributed by atoms with Crippen molar-refractivity contribution in [3.8, 4) is 0 Å². The average Bonchev–Trinajstić information content (AvgIpc) is 2.29. The molecule has 2 unspecified atom stereocenters. The Morgan fingerprint density at radius 3 is 2.88 bits per heavy atom. The summed E-state index contributed by atoms with van der Waals surface area (Å²) in [7, 11) is 1.98. The summed E-state index contributed by atoms with van der Waals surface area (Å²) in [5.41, 5.74) is 6.75. The minimum absolute atomic E-state index is 0.167. The number of nitrogen functional groups attached to an aromatic ring is 1. The summed E-state index contributed by atoms with van der Waals surface area (Å²) in [6, 6.07) is 3.99. The molecule has 1 heterocycles. The second-order valence-corrected chi connectivity index (χ2v) is 4.44. The average molecular weight is 221 g/mol. The molecule has 1 aromatic heterocycles. The molecule has 3 N–H and O–H groups in total. The Morgan fingerprint density at radius 1 is 1.44 bits per heavy atom. The van der Waals surface area contributed by atoms with Crippen LogP contribution in [0.3, 0.4) is 0 Å². The van der Waals surface area contributed by atoms with Gasteiger partial charge in [-0.25, -0.2) is 4.98 Å². The van der Waals surface area contributed by atoms with Gasteiger partial charge in [-0.3, -0.25) is 0 Å². The van der Waals surface area contributed by atoms with Gasteiger partial charge in [0.05, 0.1) is 17.8 Å². The van der Waals surface area contributed by atoms with E-state index in [0.717, 1.165) is 24.9 Å². The molecule has 0 amide bonds. The summed E-state index contributed by atoms with van der Waals surface area (Å²) >= 11 is 0. The van der Waals surface area contributed by atoms with Crippen LogP contribution in [0, 0.1) is 0 Å². The molecule has 1 aliphatic rings. The Hall–Kier alpha value is -1.29. The highest BCUT2D eigenvalue weighted by Gasteiger charge is 2.27. The molecule has 1 aliphatic carbocycles. The van der Waals surface area contributed by atoms with Crippen molar-refractivity contribution in [1.29, 1.82) is 0 Å². The van der Waals surface area contributed by atoms with Crippen LogP contribution in [-0.2, 0) is 0 Å². The minimum atomic E-state index is -0.252. The minimum Gasteiger partial charge on any atom is -0.391 e. The molecule has 88 valence electrons. The Bertz CT molecular complexity index is 356. The Labute approximate surface area is 96.1 Å². The van der Waals surface area contributed by atoms with Crippen LogP contribution in [0.25, 0.3) is 0 Å². The van der Waals surface area contributed by atoms with E-state index < -0.39 is 0 Å². The molecule has 0 radical (unpaired) electrons. The number of aliphatic hydroxyl groups is 1. The predicted octanol–water partition coefficient (Wildman–Crippen LogP) is 1.40. The van der Waals surface area contributed by atoms with E-state index in [1.165, 1.54) is 6.42 Å². The molecule has 1 saturated carbocycles. The van der Waals surface area contributed by atoms with Crippen LogP contribution in [0.2, 0.25) is 0 Å². The van der Waals surface area contributed by atoms with Crippen LogP contribution in [0.4, 0.5) is 11.5 Å². The van der Waals surface area contributed by atoms with Crippen molar-refractivity contribution in [1.82, 2.24) is 4.98 Å². The topological polar surface area (TPSA) is 62.4 Å². The highest BCUT2D eigenvalue weighted by atomic mass is 16.3. The lowest BCUT2D eigenvalue weighted by molar-refractivity contribution is 0.106. The first-order valence-electron chi connectivity index (χ1n) is 5.81. The third-order valence-corrected chi connectivity index (χ3v) is 3.39. The van der Waals surface area contributed by atoms with Gasteiger partial charge in [-0.1, -0.05) is 12.8 Å². The van der Waals surface area contributed by atoms with Gasteiger partial charge in [-0.05, 0) is 25.0 Å². The van der Waals surface area contributed by atoms with Crippen LogP contribution in [-0.4, -0.2) is 29.3 Å².